The summed E-state index contributed by atoms with van der Waals surface area (Å²) in [5.74, 6) is -0.482. The Bertz CT molecular complexity index is 3380. The van der Waals surface area contributed by atoms with Crippen molar-refractivity contribution in [1.82, 2.24) is 43.9 Å². The van der Waals surface area contributed by atoms with Crippen molar-refractivity contribution in [1.29, 1.82) is 10.5 Å². The number of amides is 1. The Morgan fingerprint density at radius 2 is 1.53 bits per heavy atom. The number of fused-ring (bicyclic) bond motifs is 2. The van der Waals surface area contributed by atoms with Crippen molar-refractivity contribution in [2.75, 3.05) is 39.2 Å². The van der Waals surface area contributed by atoms with E-state index in [4.69, 9.17) is 40.9 Å². The van der Waals surface area contributed by atoms with Crippen LogP contribution in [-0.4, -0.2) is 159 Å². The number of rotatable bonds is 26. The fourth-order valence-corrected chi connectivity index (χ4v) is 13.3. The number of carbonyl (C=O) groups is 1. The normalized spacial score (nSPS) is 23.4. The molecule has 6 heterocycles. The second-order valence-corrected chi connectivity index (χ2v) is 35.5. The van der Waals surface area contributed by atoms with Gasteiger partial charge in [-0.25, -0.2) is 34.1 Å². The zero-order valence-corrected chi connectivity index (χ0v) is 52.2. The Morgan fingerprint density at radius 1 is 0.904 bits per heavy atom. The van der Waals surface area contributed by atoms with Gasteiger partial charge in [-0.1, -0.05) is 65.8 Å². The molecule has 2 saturated heterocycles. The lowest BCUT2D eigenvalue weighted by Crippen LogP contribution is -2.49. The lowest BCUT2D eigenvalue weighted by atomic mass is 10.0. The van der Waals surface area contributed by atoms with Crippen LogP contribution in [0, 0.1) is 22.7 Å². The average molecular weight is 1230 g/mol. The van der Waals surface area contributed by atoms with Crippen LogP contribution in [0.1, 0.15) is 83.6 Å². The molecule has 11 atom stereocenters. The first kappa shape index (κ1) is 64.8. The Kier molecular flexibility index (Phi) is 20.5. The van der Waals surface area contributed by atoms with Crippen molar-refractivity contribution >= 4 is 78.6 Å². The zero-order chi connectivity index (χ0) is 60.9. The number of nitriles is 2. The van der Waals surface area contributed by atoms with Crippen LogP contribution in [-0.2, 0) is 50.1 Å². The van der Waals surface area contributed by atoms with Crippen molar-refractivity contribution in [3.8, 4) is 12.1 Å². The Morgan fingerprint density at radius 3 is 2.16 bits per heavy atom. The molecule has 5 aromatic rings. The number of aromatic amines is 1. The van der Waals surface area contributed by atoms with Crippen LogP contribution in [0.3, 0.4) is 0 Å². The standard InChI is InChI=1S/C51H73N13O15P2Si2/c1-14-25-71-81(70,72-26-19-24-53)77-39-34(74-48(41(39)79-83(12,13)51(5,6)7)63-30-56-35-42(54-28-55-43(35)63)59-45(66)32-20-16-15-17-21-32)27-73-80(68,69)76-33(22-18-23-52)38-37(65)40(78-82(10,11)50(2,3)4)47(75-38)64-31-57-36-44(64)60-49(61-46(36)67)58-29-62(8)9/h14-17,20-21,28-31,33-34,37-41,47-48,65H,1,18-19,22,25-27H2,2-13H3,(H,68,69)(H,60,61,67)(H,54,55,59,66)/t33?,34-,37-,38-,39-,40-,41-,47-,48-,81?/m1/s1. The average Bonchev–Trinajstić information content (AvgIpc) is 2.18. The minimum absolute atomic E-state index is 0.0239. The van der Waals surface area contributed by atoms with Gasteiger partial charge < -0.3 is 38.5 Å². The summed E-state index contributed by atoms with van der Waals surface area (Å²) in [6.07, 6.45) is -6.97. The van der Waals surface area contributed by atoms with Crippen LogP contribution >= 0.6 is 15.6 Å². The maximum atomic E-state index is 14.7. The van der Waals surface area contributed by atoms with Crippen molar-refractivity contribution in [3.63, 3.8) is 0 Å². The van der Waals surface area contributed by atoms with Crippen LogP contribution in [0.2, 0.25) is 36.3 Å². The van der Waals surface area contributed by atoms with E-state index in [0.29, 0.717) is 5.56 Å². The highest BCUT2D eigenvalue weighted by atomic mass is 31.2. The third-order valence-corrected chi connectivity index (χ3v) is 26.1. The lowest BCUT2D eigenvalue weighted by Gasteiger charge is -2.40. The number of hydrogen-bond acceptors (Lipinski definition) is 22. The molecule has 1 amide bonds. The fraction of sp³-hybridized carbons (Fsp3) is 0.569. The van der Waals surface area contributed by atoms with E-state index in [1.54, 1.807) is 49.3 Å². The van der Waals surface area contributed by atoms with Gasteiger partial charge in [0.1, 0.15) is 43.0 Å². The zero-order valence-electron chi connectivity index (χ0n) is 48.4. The predicted molar refractivity (Wildman–Crippen MR) is 308 cm³/mol. The van der Waals surface area contributed by atoms with Gasteiger partial charge in [-0.05, 0) is 54.8 Å². The summed E-state index contributed by atoms with van der Waals surface area (Å²) in [4.78, 5) is 69.2. The molecule has 2 aliphatic rings. The van der Waals surface area contributed by atoms with Gasteiger partial charge in [-0.3, -0.25) is 46.3 Å². The number of ether oxygens (including phenoxy) is 2. The first-order chi connectivity index (χ1) is 38.9. The molecule has 0 spiro atoms. The number of imidazole rings is 2. The van der Waals surface area contributed by atoms with Gasteiger partial charge in [0.25, 0.3) is 11.5 Å². The summed E-state index contributed by atoms with van der Waals surface area (Å²) in [7, 11) is -12.4. The van der Waals surface area contributed by atoms with E-state index < -0.39 is 122 Å². The van der Waals surface area contributed by atoms with Crippen LogP contribution in [0.15, 0.2) is 71.8 Å². The molecule has 3 unspecified atom stereocenters. The van der Waals surface area contributed by atoms with Gasteiger partial charge >= 0.3 is 15.6 Å². The van der Waals surface area contributed by atoms with Gasteiger partial charge in [0.15, 0.2) is 57.2 Å². The van der Waals surface area contributed by atoms with Crippen LogP contribution in [0.25, 0.3) is 22.3 Å². The third kappa shape index (κ3) is 15.2. The third-order valence-electron chi connectivity index (χ3n) is 14.7. The van der Waals surface area contributed by atoms with E-state index in [9.17, 15) is 39.2 Å². The number of aliphatic imine (C=N–C) groups is 1. The van der Waals surface area contributed by atoms with Crippen molar-refractivity contribution < 1.29 is 64.9 Å². The van der Waals surface area contributed by atoms with E-state index in [1.165, 1.54) is 40.5 Å². The minimum Gasteiger partial charge on any atom is -0.407 e. The van der Waals surface area contributed by atoms with Crippen molar-refractivity contribution in [2.24, 2.45) is 4.99 Å². The summed E-state index contributed by atoms with van der Waals surface area (Å²) >= 11 is 0. The number of nitrogens with one attached hydrogen (secondary N) is 2. The van der Waals surface area contributed by atoms with Crippen molar-refractivity contribution in [2.45, 2.75) is 152 Å². The molecule has 0 bridgehead atoms. The van der Waals surface area contributed by atoms with Gasteiger partial charge in [0, 0.05) is 26.1 Å². The first-order valence-corrected chi connectivity index (χ1v) is 35.3. The lowest BCUT2D eigenvalue weighted by molar-refractivity contribution is -0.0879. The topological polar surface area (TPSA) is 357 Å². The number of phosphoric ester groups is 2. The smallest absolute Gasteiger partial charge is 0.407 e. The van der Waals surface area contributed by atoms with Crippen molar-refractivity contribution in [3.05, 3.63) is 77.9 Å². The molecule has 83 heavy (non-hydrogen) atoms. The number of phosphoric acid groups is 2. The second-order valence-electron chi connectivity index (χ2n) is 23.0. The van der Waals surface area contributed by atoms with E-state index in [0.717, 1.165) is 0 Å². The predicted octanol–water partition coefficient (Wildman–Crippen LogP) is 7.80. The van der Waals surface area contributed by atoms with E-state index in [1.807, 2.05) is 79.9 Å². The molecule has 2 aliphatic heterocycles. The number of anilines is 1. The number of nitrogens with zero attached hydrogens (tertiary/aromatic N) is 11. The monoisotopic (exact) mass is 1230 g/mol. The van der Waals surface area contributed by atoms with Crippen LogP contribution in [0.5, 0.6) is 0 Å². The molecule has 4 N–H and O–H groups in total. The summed E-state index contributed by atoms with van der Waals surface area (Å²) < 4.78 is 88.9. The molecule has 0 aliphatic carbocycles. The molecular formula is C51H73N13O15P2Si2. The maximum Gasteiger partial charge on any atom is 0.475 e. The van der Waals surface area contributed by atoms with Gasteiger partial charge in [0.05, 0.1) is 63.5 Å². The number of carbonyl (C=O) groups excluding carboxylic acids is 1. The molecule has 0 saturated carbocycles. The summed E-state index contributed by atoms with van der Waals surface area (Å²) in [5, 5.41) is 33.6. The molecular weight excluding hydrogens is 1150 g/mol. The quantitative estimate of drug-likeness (QED) is 0.0102. The number of H-pyrrole nitrogens is 1. The summed E-state index contributed by atoms with van der Waals surface area (Å²) in [6, 6.07) is 12.4. The number of aliphatic hydroxyl groups excluding tert-OH is 1. The maximum absolute atomic E-state index is 14.7. The molecule has 32 heteroatoms. The molecule has 450 valence electrons. The molecule has 28 nitrogen and oxygen atoms in total. The van der Waals surface area contributed by atoms with Gasteiger partial charge in [-0.15, -0.1) is 6.58 Å². The molecule has 2 fully saturated rings. The number of benzene rings is 1. The number of aromatic nitrogens is 8. The van der Waals surface area contributed by atoms with Crippen LogP contribution < -0.4 is 10.9 Å². The van der Waals surface area contributed by atoms with Crippen LogP contribution in [0.4, 0.5) is 11.8 Å². The van der Waals surface area contributed by atoms with E-state index >= 15 is 0 Å². The number of hydrogen-bond donors (Lipinski definition) is 4. The SMILES string of the molecule is C=CCOP(=O)(OCCC#N)O[C@H]1[C@@H](O[Si](C)(C)C(C)(C)C)[C@H](n2cnc3c(NC(=O)c4ccccc4)ncnc32)O[C@@H]1COP(=O)(O)OC(CCC#N)[C@H]1O[C@@H](n2cnc3c(=O)[nH]c(N=CN(C)C)nc32)[C@H](O[Si](C)(C)C(C)(C)C)[C@@H]1O. The fourth-order valence-electron chi connectivity index (χ4n) is 8.36. The Hall–Kier alpha value is -5.77. The molecule has 1 aromatic carbocycles. The Labute approximate surface area is 482 Å². The second kappa shape index (κ2) is 26.2. The van der Waals surface area contributed by atoms with E-state index in [2.05, 4.69) is 46.8 Å². The molecule has 0 radical (unpaired) electrons. The Balaban J connectivity index is 1.26. The van der Waals surface area contributed by atoms with E-state index in [-0.39, 0.29) is 60.0 Å². The first-order valence-electron chi connectivity index (χ1n) is 26.6. The number of aliphatic hydroxyl groups is 1. The van der Waals surface area contributed by atoms with Gasteiger partial charge in [-0.2, -0.15) is 15.5 Å². The van der Waals surface area contributed by atoms with Gasteiger partial charge in [0.2, 0.25) is 5.95 Å². The summed E-state index contributed by atoms with van der Waals surface area (Å²) in [5.41, 5.74) is -0.0402. The highest BCUT2D eigenvalue weighted by molar-refractivity contribution is 7.48. The minimum atomic E-state index is -5.38. The highest BCUT2D eigenvalue weighted by Crippen LogP contribution is 2.56. The largest absolute Gasteiger partial charge is 0.475 e. The molecule has 7 rings (SSSR count). The summed E-state index contributed by atoms with van der Waals surface area (Å²) in [6.45, 7) is 21.8. The highest BCUT2D eigenvalue weighted by Gasteiger charge is 2.57. The molecule has 4 aromatic heterocycles.